The molecule has 0 saturated carbocycles. The molecule has 0 aliphatic carbocycles. The standard InChI is InChI=1S/C16H23NO3Si/c1-21(15-5-2-10-19-15,16-6-3-11-20-16)14-4-7-17-8-12-18-13-9-17/h2-3,5-6,10-11H,4,7-9,12-14H2,1H3. The zero-order valence-electron chi connectivity index (χ0n) is 12.6. The molecule has 0 atom stereocenters. The molecule has 114 valence electrons. The van der Waals surface area contributed by atoms with E-state index in [-0.39, 0.29) is 0 Å². The van der Waals surface area contributed by atoms with Crippen LogP contribution < -0.4 is 10.8 Å². The molecule has 0 spiro atoms. The summed E-state index contributed by atoms with van der Waals surface area (Å²) in [5, 5.41) is 2.22. The van der Waals surface area contributed by atoms with Crippen molar-refractivity contribution in [3.63, 3.8) is 0 Å². The first-order valence-corrected chi connectivity index (χ1v) is 10.4. The highest BCUT2D eigenvalue weighted by Crippen LogP contribution is 2.15. The van der Waals surface area contributed by atoms with E-state index in [1.54, 1.807) is 12.5 Å². The number of nitrogens with zero attached hydrogens (tertiary/aromatic N) is 1. The minimum atomic E-state index is -1.87. The van der Waals surface area contributed by atoms with E-state index in [0.717, 1.165) is 49.7 Å². The van der Waals surface area contributed by atoms with Crippen molar-refractivity contribution in [2.24, 2.45) is 0 Å². The summed E-state index contributed by atoms with van der Waals surface area (Å²) in [6.45, 7) is 7.31. The van der Waals surface area contributed by atoms with Crippen molar-refractivity contribution in [3.8, 4) is 0 Å². The first kappa shape index (κ1) is 14.6. The minimum Gasteiger partial charge on any atom is -0.474 e. The van der Waals surface area contributed by atoms with Gasteiger partial charge in [-0.25, -0.2) is 0 Å². The Kier molecular flexibility index (Phi) is 4.62. The SMILES string of the molecule is C[Si](CCCN1CCOCC1)(c1ccco1)c1ccco1. The third kappa shape index (κ3) is 3.31. The maximum atomic E-state index is 5.73. The predicted molar refractivity (Wildman–Crippen MR) is 85.0 cm³/mol. The molecule has 1 saturated heterocycles. The molecule has 2 aromatic rings. The van der Waals surface area contributed by atoms with Crippen LogP contribution in [0.15, 0.2) is 45.6 Å². The predicted octanol–water partition coefficient (Wildman–Crippen LogP) is 1.79. The first-order valence-electron chi connectivity index (χ1n) is 7.67. The highest BCUT2D eigenvalue weighted by Gasteiger charge is 2.37. The summed E-state index contributed by atoms with van der Waals surface area (Å²) in [6.07, 6.45) is 4.71. The number of hydrogen-bond donors (Lipinski definition) is 0. The fraction of sp³-hybridized carbons (Fsp3) is 0.500. The zero-order valence-corrected chi connectivity index (χ0v) is 13.6. The summed E-state index contributed by atoms with van der Waals surface area (Å²) in [6, 6.07) is 9.30. The van der Waals surface area contributed by atoms with E-state index in [2.05, 4.69) is 23.6 Å². The number of hydrogen-bond acceptors (Lipinski definition) is 4. The van der Waals surface area contributed by atoms with Crippen molar-refractivity contribution in [2.45, 2.75) is 19.0 Å². The average Bonchev–Trinajstić information content (AvgIpc) is 3.22. The Hall–Kier alpha value is -1.30. The van der Waals surface area contributed by atoms with Crippen LogP contribution in [-0.2, 0) is 4.74 Å². The highest BCUT2D eigenvalue weighted by atomic mass is 28.3. The van der Waals surface area contributed by atoms with Crippen LogP contribution in [-0.4, -0.2) is 45.8 Å². The quantitative estimate of drug-likeness (QED) is 0.763. The number of rotatable bonds is 6. The second kappa shape index (κ2) is 6.64. The Morgan fingerprint density at radius 2 is 1.67 bits per heavy atom. The van der Waals surface area contributed by atoms with E-state index < -0.39 is 8.07 Å². The van der Waals surface area contributed by atoms with Crippen LogP contribution in [0.5, 0.6) is 0 Å². The van der Waals surface area contributed by atoms with Gasteiger partial charge in [-0.15, -0.1) is 0 Å². The molecule has 0 amide bonds. The van der Waals surface area contributed by atoms with E-state index in [4.69, 9.17) is 13.6 Å². The van der Waals surface area contributed by atoms with Crippen molar-refractivity contribution < 1.29 is 13.6 Å². The lowest BCUT2D eigenvalue weighted by Gasteiger charge is -2.28. The second-order valence-electron chi connectivity index (χ2n) is 5.84. The molecule has 2 aromatic heterocycles. The molecule has 21 heavy (non-hydrogen) atoms. The van der Waals surface area contributed by atoms with Gasteiger partial charge in [-0.3, -0.25) is 4.90 Å². The largest absolute Gasteiger partial charge is 0.474 e. The molecule has 0 bridgehead atoms. The Balaban J connectivity index is 1.66. The van der Waals surface area contributed by atoms with E-state index >= 15 is 0 Å². The van der Waals surface area contributed by atoms with E-state index in [1.165, 1.54) is 6.42 Å². The van der Waals surface area contributed by atoms with Crippen molar-refractivity contribution in [3.05, 3.63) is 36.8 Å². The summed E-state index contributed by atoms with van der Waals surface area (Å²) in [5.74, 6) is 0. The van der Waals surface area contributed by atoms with Gasteiger partial charge < -0.3 is 13.6 Å². The van der Waals surface area contributed by atoms with Gasteiger partial charge in [0, 0.05) is 13.1 Å². The molecular weight excluding hydrogens is 282 g/mol. The molecule has 0 aromatic carbocycles. The lowest BCUT2D eigenvalue weighted by atomic mass is 10.3. The number of furan rings is 2. The molecule has 0 unspecified atom stereocenters. The fourth-order valence-corrected chi connectivity index (χ4v) is 6.22. The van der Waals surface area contributed by atoms with Gasteiger partial charge >= 0.3 is 0 Å². The molecule has 3 rings (SSSR count). The van der Waals surface area contributed by atoms with Crippen LogP contribution in [0.2, 0.25) is 12.6 Å². The van der Waals surface area contributed by atoms with Crippen LogP contribution in [0.3, 0.4) is 0 Å². The molecular formula is C16H23NO3Si. The van der Waals surface area contributed by atoms with Gasteiger partial charge in [0.2, 0.25) is 8.07 Å². The van der Waals surface area contributed by atoms with E-state index in [9.17, 15) is 0 Å². The fourth-order valence-electron chi connectivity index (χ4n) is 3.03. The normalized spacial score (nSPS) is 17.2. The van der Waals surface area contributed by atoms with Gasteiger partial charge in [0.1, 0.15) is 0 Å². The summed E-state index contributed by atoms with van der Waals surface area (Å²) in [5.41, 5.74) is 0. The van der Waals surface area contributed by atoms with Crippen LogP contribution in [0.1, 0.15) is 6.42 Å². The summed E-state index contributed by atoms with van der Waals surface area (Å²) < 4.78 is 16.9. The maximum absolute atomic E-state index is 5.73. The lowest BCUT2D eigenvalue weighted by Crippen LogP contribution is -2.54. The monoisotopic (exact) mass is 305 g/mol. The van der Waals surface area contributed by atoms with Gasteiger partial charge in [-0.05, 0) is 43.3 Å². The van der Waals surface area contributed by atoms with Gasteiger partial charge in [0.15, 0.2) is 0 Å². The second-order valence-corrected chi connectivity index (χ2v) is 9.99. The van der Waals surface area contributed by atoms with Crippen molar-refractivity contribution >= 4 is 18.8 Å². The lowest BCUT2D eigenvalue weighted by molar-refractivity contribution is 0.0379. The summed E-state index contributed by atoms with van der Waals surface area (Å²) in [4.78, 5) is 2.49. The Morgan fingerprint density at radius 1 is 1.05 bits per heavy atom. The van der Waals surface area contributed by atoms with Crippen LogP contribution in [0.4, 0.5) is 0 Å². The third-order valence-electron chi connectivity index (χ3n) is 4.38. The molecule has 3 heterocycles. The van der Waals surface area contributed by atoms with Crippen molar-refractivity contribution in [2.75, 3.05) is 32.8 Å². The Bertz CT molecular complexity index is 483. The van der Waals surface area contributed by atoms with E-state index in [1.807, 2.05) is 12.1 Å². The van der Waals surface area contributed by atoms with Gasteiger partial charge in [-0.1, -0.05) is 6.55 Å². The topological polar surface area (TPSA) is 38.8 Å². The number of morpholine rings is 1. The molecule has 0 N–H and O–H groups in total. The molecule has 4 nitrogen and oxygen atoms in total. The third-order valence-corrected chi connectivity index (χ3v) is 8.48. The van der Waals surface area contributed by atoms with Gasteiger partial charge in [-0.2, -0.15) is 0 Å². The highest BCUT2D eigenvalue weighted by molar-refractivity contribution is 6.99. The maximum Gasteiger partial charge on any atom is 0.203 e. The first-order chi connectivity index (χ1) is 10.3. The van der Waals surface area contributed by atoms with Gasteiger partial charge in [0.25, 0.3) is 0 Å². The van der Waals surface area contributed by atoms with E-state index in [0.29, 0.717) is 0 Å². The summed E-state index contributed by atoms with van der Waals surface area (Å²) >= 11 is 0. The molecule has 1 fully saturated rings. The van der Waals surface area contributed by atoms with Crippen LogP contribution in [0, 0.1) is 0 Å². The summed E-state index contributed by atoms with van der Waals surface area (Å²) in [7, 11) is -1.87. The Labute approximate surface area is 126 Å². The smallest absolute Gasteiger partial charge is 0.203 e. The molecule has 1 aliphatic rings. The van der Waals surface area contributed by atoms with Crippen LogP contribution in [0.25, 0.3) is 0 Å². The average molecular weight is 305 g/mol. The van der Waals surface area contributed by atoms with Crippen LogP contribution >= 0.6 is 0 Å². The molecule has 1 aliphatic heterocycles. The van der Waals surface area contributed by atoms with Crippen molar-refractivity contribution in [1.82, 2.24) is 4.90 Å². The Morgan fingerprint density at radius 3 is 2.19 bits per heavy atom. The van der Waals surface area contributed by atoms with Gasteiger partial charge in [0.05, 0.1) is 36.5 Å². The molecule has 5 heteroatoms. The number of ether oxygens (including phenoxy) is 1. The minimum absolute atomic E-state index is 0.866. The zero-order chi connectivity index (χ0) is 14.5. The van der Waals surface area contributed by atoms with Crippen molar-refractivity contribution in [1.29, 1.82) is 0 Å². The molecule has 0 radical (unpaired) electrons.